The molecule has 1 aliphatic carbocycles. The lowest BCUT2D eigenvalue weighted by atomic mass is 10.2. The molecule has 0 atom stereocenters. The Morgan fingerprint density at radius 1 is 1.41 bits per heavy atom. The Labute approximate surface area is 99.0 Å². The third-order valence-corrected chi connectivity index (χ3v) is 3.29. The first kappa shape index (κ1) is 10.3. The van der Waals surface area contributed by atoms with Crippen molar-refractivity contribution in [3.63, 3.8) is 0 Å². The Hall–Kier alpha value is -1.84. The van der Waals surface area contributed by atoms with Gasteiger partial charge in [0.25, 0.3) is 0 Å². The summed E-state index contributed by atoms with van der Waals surface area (Å²) in [7, 11) is 0. The number of aromatic amines is 1. The quantitative estimate of drug-likeness (QED) is 0.825. The summed E-state index contributed by atoms with van der Waals surface area (Å²) in [6, 6.07) is 1.83. The van der Waals surface area contributed by atoms with Crippen LogP contribution in [0.15, 0.2) is 18.5 Å². The van der Waals surface area contributed by atoms with E-state index in [2.05, 4.69) is 9.97 Å². The van der Waals surface area contributed by atoms with E-state index in [1.54, 1.807) is 12.4 Å². The highest BCUT2D eigenvalue weighted by Gasteiger charge is 2.19. The van der Waals surface area contributed by atoms with Gasteiger partial charge in [0.1, 0.15) is 11.4 Å². The molecule has 2 aromatic heterocycles. The zero-order valence-electron chi connectivity index (χ0n) is 9.48. The number of nitrogens with zero attached hydrogens (tertiary/aromatic N) is 1. The molecule has 0 amide bonds. The second-order valence-corrected chi connectivity index (χ2v) is 4.42. The minimum Gasteiger partial charge on any atom is -0.490 e. The molecule has 0 saturated heterocycles. The van der Waals surface area contributed by atoms with Crippen molar-refractivity contribution in [3.05, 3.63) is 24.0 Å². The predicted octanol–water partition coefficient (Wildman–Crippen LogP) is 2.70. The van der Waals surface area contributed by atoms with Crippen molar-refractivity contribution in [1.29, 1.82) is 0 Å². The van der Waals surface area contributed by atoms with E-state index in [1.807, 2.05) is 6.07 Å². The molecule has 0 unspecified atom stereocenters. The van der Waals surface area contributed by atoms with Gasteiger partial charge in [-0.15, -0.1) is 0 Å². The van der Waals surface area contributed by atoms with Crippen LogP contribution in [0.5, 0.6) is 5.75 Å². The van der Waals surface area contributed by atoms with Gasteiger partial charge in [-0.1, -0.05) is 0 Å². The van der Waals surface area contributed by atoms with Gasteiger partial charge in [0.05, 0.1) is 11.5 Å². The van der Waals surface area contributed by atoms with Crippen LogP contribution in [0.3, 0.4) is 0 Å². The minimum absolute atomic E-state index is 0.287. The lowest BCUT2D eigenvalue weighted by Gasteiger charge is -2.13. The van der Waals surface area contributed by atoms with Crippen LogP contribution < -0.4 is 4.74 Å². The average molecular weight is 230 g/mol. The van der Waals surface area contributed by atoms with Gasteiger partial charge in [0.2, 0.25) is 0 Å². The normalized spacial score (nSPS) is 16.5. The lowest BCUT2D eigenvalue weighted by molar-refractivity contribution is 0.112. The van der Waals surface area contributed by atoms with Crippen LogP contribution in [0.2, 0.25) is 0 Å². The molecule has 17 heavy (non-hydrogen) atoms. The number of carbonyl (C=O) groups is 1. The first-order chi connectivity index (χ1) is 8.38. The summed E-state index contributed by atoms with van der Waals surface area (Å²) in [6.07, 6.45) is 9.16. The van der Waals surface area contributed by atoms with Crippen LogP contribution in [0, 0.1) is 0 Å². The molecule has 0 aromatic carbocycles. The average Bonchev–Trinajstić information content (AvgIpc) is 2.97. The molecule has 3 rings (SSSR count). The number of ether oxygens (including phenoxy) is 1. The highest BCUT2D eigenvalue weighted by molar-refractivity contribution is 5.99. The fourth-order valence-electron chi connectivity index (χ4n) is 2.43. The first-order valence-corrected chi connectivity index (χ1v) is 5.96. The summed E-state index contributed by atoms with van der Waals surface area (Å²) in [6.45, 7) is 0. The van der Waals surface area contributed by atoms with E-state index >= 15 is 0 Å². The van der Waals surface area contributed by atoms with E-state index in [-0.39, 0.29) is 6.10 Å². The van der Waals surface area contributed by atoms with Crippen LogP contribution in [0.1, 0.15) is 36.0 Å². The van der Waals surface area contributed by atoms with Crippen molar-refractivity contribution >= 4 is 17.3 Å². The number of aldehydes is 1. The minimum atomic E-state index is 0.287. The van der Waals surface area contributed by atoms with Gasteiger partial charge in [-0.05, 0) is 31.7 Å². The Morgan fingerprint density at radius 3 is 3.00 bits per heavy atom. The van der Waals surface area contributed by atoms with Crippen LogP contribution in [-0.2, 0) is 0 Å². The number of H-pyrrole nitrogens is 1. The molecule has 1 fully saturated rings. The molecule has 0 radical (unpaired) electrons. The summed E-state index contributed by atoms with van der Waals surface area (Å²) >= 11 is 0. The van der Waals surface area contributed by atoms with Gasteiger partial charge < -0.3 is 9.72 Å². The van der Waals surface area contributed by atoms with E-state index < -0.39 is 0 Å². The van der Waals surface area contributed by atoms with Crippen molar-refractivity contribution in [2.45, 2.75) is 31.8 Å². The molecule has 88 valence electrons. The number of hydrogen-bond donors (Lipinski definition) is 1. The number of hydrogen-bond acceptors (Lipinski definition) is 3. The molecular weight excluding hydrogens is 216 g/mol. The molecule has 2 heterocycles. The number of aromatic nitrogens is 2. The third-order valence-electron chi connectivity index (χ3n) is 3.29. The number of fused-ring (bicyclic) bond motifs is 1. The van der Waals surface area contributed by atoms with Crippen LogP contribution >= 0.6 is 0 Å². The Morgan fingerprint density at radius 2 is 2.24 bits per heavy atom. The zero-order valence-corrected chi connectivity index (χ0v) is 9.48. The van der Waals surface area contributed by atoms with Crippen LogP contribution in [0.25, 0.3) is 11.0 Å². The zero-order chi connectivity index (χ0) is 11.7. The number of rotatable bonds is 3. The Balaban J connectivity index is 2.01. The van der Waals surface area contributed by atoms with E-state index in [0.717, 1.165) is 30.3 Å². The van der Waals surface area contributed by atoms with E-state index in [1.165, 1.54) is 12.8 Å². The molecule has 1 N–H and O–H groups in total. The second kappa shape index (κ2) is 4.20. The van der Waals surface area contributed by atoms with Gasteiger partial charge in [-0.25, -0.2) is 4.98 Å². The molecule has 4 nitrogen and oxygen atoms in total. The lowest BCUT2D eigenvalue weighted by Crippen LogP contribution is -2.11. The molecule has 0 aliphatic heterocycles. The van der Waals surface area contributed by atoms with Crippen molar-refractivity contribution in [2.75, 3.05) is 0 Å². The molecule has 0 spiro atoms. The fraction of sp³-hybridized carbons (Fsp3) is 0.385. The topological polar surface area (TPSA) is 55.0 Å². The molecule has 1 aliphatic rings. The van der Waals surface area contributed by atoms with Crippen molar-refractivity contribution < 1.29 is 9.53 Å². The number of nitrogens with one attached hydrogen (secondary N) is 1. The largest absolute Gasteiger partial charge is 0.490 e. The summed E-state index contributed by atoms with van der Waals surface area (Å²) in [5, 5.41) is 0.800. The van der Waals surface area contributed by atoms with Crippen LogP contribution in [0.4, 0.5) is 0 Å². The monoisotopic (exact) mass is 230 g/mol. The maximum atomic E-state index is 11.0. The maximum absolute atomic E-state index is 11.0. The smallest absolute Gasteiger partial charge is 0.152 e. The van der Waals surface area contributed by atoms with Crippen molar-refractivity contribution in [1.82, 2.24) is 9.97 Å². The standard InChI is InChI=1S/C13H14N2O2/c16-8-9-7-15-13-12(9)11(5-6-14-13)17-10-3-1-2-4-10/h5-8,10H,1-4H2,(H,14,15). The maximum Gasteiger partial charge on any atom is 0.152 e. The molecule has 4 heteroatoms. The third kappa shape index (κ3) is 1.79. The van der Waals surface area contributed by atoms with Crippen LogP contribution in [-0.4, -0.2) is 22.4 Å². The number of pyridine rings is 1. The molecule has 1 saturated carbocycles. The fourth-order valence-corrected chi connectivity index (χ4v) is 2.43. The Bertz CT molecular complexity index is 541. The van der Waals surface area contributed by atoms with Gasteiger partial charge in [0, 0.05) is 18.0 Å². The van der Waals surface area contributed by atoms with Crippen molar-refractivity contribution in [3.8, 4) is 5.75 Å². The first-order valence-electron chi connectivity index (χ1n) is 5.96. The predicted molar refractivity (Wildman–Crippen MR) is 64.4 cm³/mol. The summed E-state index contributed by atoms with van der Waals surface area (Å²) in [5.41, 5.74) is 1.32. The summed E-state index contributed by atoms with van der Waals surface area (Å²) < 4.78 is 5.97. The SMILES string of the molecule is O=Cc1c[nH]c2nccc(OC3CCCC3)c12. The summed E-state index contributed by atoms with van der Waals surface area (Å²) in [5.74, 6) is 0.769. The van der Waals surface area contributed by atoms with Gasteiger partial charge in [-0.3, -0.25) is 4.79 Å². The second-order valence-electron chi connectivity index (χ2n) is 4.42. The highest BCUT2D eigenvalue weighted by Crippen LogP contribution is 2.30. The summed E-state index contributed by atoms with van der Waals surface area (Å²) in [4.78, 5) is 18.1. The Kier molecular flexibility index (Phi) is 2.55. The molecule has 0 bridgehead atoms. The molecular formula is C13H14N2O2. The highest BCUT2D eigenvalue weighted by atomic mass is 16.5. The molecule has 2 aromatic rings. The van der Waals surface area contributed by atoms with E-state index in [9.17, 15) is 4.79 Å². The van der Waals surface area contributed by atoms with Gasteiger partial charge in [-0.2, -0.15) is 0 Å². The van der Waals surface area contributed by atoms with Gasteiger partial charge >= 0.3 is 0 Å². The number of carbonyl (C=O) groups excluding carboxylic acids is 1. The van der Waals surface area contributed by atoms with E-state index in [4.69, 9.17) is 4.74 Å². The van der Waals surface area contributed by atoms with Gasteiger partial charge in [0.15, 0.2) is 6.29 Å². The van der Waals surface area contributed by atoms with E-state index in [0.29, 0.717) is 11.2 Å². The van der Waals surface area contributed by atoms with Crippen molar-refractivity contribution in [2.24, 2.45) is 0 Å².